The van der Waals surface area contributed by atoms with Crippen molar-refractivity contribution in [2.75, 3.05) is 24.3 Å². The summed E-state index contributed by atoms with van der Waals surface area (Å²) >= 11 is 0. The van der Waals surface area contributed by atoms with E-state index in [0.717, 1.165) is 18.5 Å². The molecule has 0 aromatic heterocycles. The van der Waals surface area contributed by atoms with E-state index in [1.807, 2.05) is 12.1 Å². The standard InChI is InChI=1S/C16H24N2O2/c1-18(14-10-8-13(17)9-11-14)16(19)12-20-15-6-4-2-3-5-7-15/h8-11,15H,2-7,12,17H2,1H3. The summed E-state index contributed by atoms with van der Waals surface area (Å²) in [7, 11) is 1.77. The third kappa shape index (κ3) is 4.23. The summed E-state index contributed by atoms with van der Waals surface area (Å²) < 4.78 is 5.78. The number of amides is 1. The molecule has 2 N–H and O–H groups in total. The van der Waals surface area contributed by atoms with Gasteiger partial charge in [0.25, 0.3) is 5.91 Å². The highest BCUT2D eigenvalue weighted by Gasteiger charge is 2.16. The van der Waals surface area contributed by atoms with Gasteiger partial charge in [-0.15, -0.1) is 0 Å². The molecule has 0 aliphatic heterocycles. The number of rotatable bonds is 4. The fourth-order valence-electron chi connectivity index (χ4n) is 2.54. The lowest BCUT2D eigenvalue weighted by Gasteiger charge is -2.20. The van der Waals surface area contributed by atoms with E-state index in [1.54, 1.807) is 24.1 Å². The maximum absolute atomic E-state index is 12.1. The highest BCUT2D eigenvalue weighted by molar-refractivity contribution is 5.93. The van der Waals surface area contributed by atoms with Crippen molar-refractivity contribution in [3.8, 4) is 0 Å². The van der Waals surface area contributed by atoms with Gasteiger partial charge >= 0.3 is 0 Å². The van der Waals surface area contributed by atoms with Crippen molar-refractivity contribution in [1.29, 1.82) is 0 Å². The molecule has 1 amide bonds. The monoisotopic (exact) mass is 276 g/mol. The Bertz CT molecular complexity index is 423. The predicted molar refractivity (Wildman–Crippen MR) is 81.7 cm³/mol. The molecule has 0 unspecified atom stereocenters. The summed E-state index contributed by atoms with van der Waals surface area (Å²) in [6, 6.07) is 7.29. The van der Waals surface area contributed by atoms with Gasteiger partial charge < -0.3 is 15.4 Å². The smallest absolute Gasteiger partial charge is 0.252 e. The van der Waals surface area contributed by atoms with Crippen molar-refractivity contribution in [1.82, 2.24) is 0 Å². The summed E-state index contributed by atoms with van der Waals surface area (Å²) in [6.07, 6.45) is 7.43. The van der Waals surface area contributed by atoms with Crippen LogP contribution in [-0.4, -0.2) is 25.7 Å². The molecule has 0 atom stereocenters. The van der Waals surface area contributed by atoms with Crippen LogP contribution in [-0.2, 0) is 9.53 Å². The molecule has 0 heterocycles. The Balaban J connectivity index is 1.82. The molecule has 1 aromatic carbocycles. The Morgan fingerprint density at radius 3 is 2.40 bits per heavy atom. The van der Waals surface area contributed by atoms with Gasteiger partial charge in [-0.05, 0) is 37.1 Å². The summed E-state index contributed by atoms with van der Waals surface area (Å²) in [5.74, 6) is -0.0148. The van der Waals surface area contributed by atoms with Crippen LogP contribution in [0.5, 0.6) is 0 Å². The third-order valence-corrected chi connectivity index (χ3v) is 3.90. The van der Waals surface area contributed by atoms with Crippen molar-refractivity contribution in [3.63, 3.8) is 0 Å². The normalized spacial score (nSPS) is 16.6. The van der Waals surface area contributed by atoms with E-state index in [-0.39, 0.29) is 18.6 Å². The van der Waals surface area contributed by atoms with Gasteiger partial charge in [-0.1, -0.05) is 25.7 Å². The molecule has 20 heavy (non-hydrogen) atoms. The Hall–Kier alpha value is -1.55. The minimum atomic E-state index is -0.0148. The van der Waals surface area contributed by atoms with Crippen LogP contribution in [0.25, 0.3) is 0 Å². The topological polar surface area (TPSA) is 55.6 Å². The maximum Gasteiger partial charge on any atom is 0.252 e. The second kappa shape index (κ2) is 7.29. The second-order valence-corrected chi connectivity index (χ2v) is 5.47. The number of nitrogens with zero attached hydrogens (tertiary/aromatic N) is 1. The van der Waals surface area contributed by atoms with Crippen LogP contribution in [0.2, 0.25) is 0 Å². The summed E-state index contributed by atoms with van der Waals surface area (Å²) in [6.45, 7) is 0.158. The summed E-state index contributed by atoms with van der Waals surface area (Å²) in [4.78, 5) is 13.7. The largest absolute Gasteiger partial charge is 0.399 e. The predicted octanol–water partition coefficient (Wildman–Crippen LogP) is 2.97. The lowest BCUT2D eigenvalue weighted by atomic mass is 10.1. The molecule has 1 aliphatic rings. The Morgan fingerprint density at radius 2 is 1.80 bits per heavy atom. The minimum absolute atomic E-state index is 0.0148. The number of likely N-dealkylation sites (N-methyl/N-ethyl adjacent to an activating group) is 1. The van der Waals surface area contributed by atoms with Crippen molar-refractivity contribution in [2.24, 2.45) is 0 Å². The first kappa shape index (κ1) is 14.9. The van der Waals surface area contributed by atoms with Crippen molar-refractivity contribution < 1.29 is 9.53 Å². The van der Waals surface area contributed by atoms with Crippen LogP contribution >= 0.6 is 0 Å². The van der Waals surface area contributed by atoms with Gasteiger partial charge in [0, 0.05) is 18.4 Å². The van der Waals surface area contributed by atoms with Gasteiger partial charge in [0.2, 0.25) is 0 Å². The Morgan fingerprint density at radius 1 is 1.20 bits per heavy atom. The van der Waals surface area contributed by atoms with Crippen LogP contribution in [0.3, 0.4) is 0 Å². The molecular weight excluding hydrogens is 252 g/mol. The van der Waals surface area contributed by atoms with E-state index < -0.39 is 0 Å². The maximum atomic E-state index is 12.1. The number of carbonyl (C=O) groups excluding carboxylic acids is 1. The van der Waals surface area contributed by atoms with Gasteiger partial charge in [-0.3, -0.25) is 4.79 Å². The first-order chi connectivity index (χ1) is 9.66. The van der Waals surface area contributed by atoms with E-state index in [1.165, 1.54) is 25.7 Å². The number of nitrogens with two attached hydrogens (primary N) is 1. The fraction of sp³-hybridized carbons (Fsp3) is 0.562. The minimum Gasteiger partial charge on any atom is -0.399 e. The molecule has 1 saturated carbocycles. The molecule has 0 saturated heterocycles. The highest BCUT2D eigenvalue weighted by atomic mass is 16.5. The molecule has 4 nitrogen and oxygen atoms in total. The molecule has 0 radical (unpaired) electrons. The molecule has 110 valence electrons. The summed E-state index contributed by atoms with van der Waals surface area (Å²) in [5.41, 5.74) is 7.19. The zero-order valence-corrected chi connectivity index (χ0v) is 12.2. The second-order valence-electron chi connectivity index (χ2n) is 5.47. The summed E-state index contributed by atoms with van der Waals surface area (Å²) in [5, 5.41) is 0. The average Bonchev–Trinajstić information content (AvgIpc) is 2.73. The van der Waals surface area contributed by atoms with Crippen molar-refractivity contribution in [2.45, 2.75) is 44.6 Å². The molecule has 1 aromatic rings. The van der Waals surface area contributed by atoms with Crippen LogP contribution in [0.15, 0.2) is 24.3 Å². The number of nitrogen functional groups attached to an aromatic ring is 1. The quantitative estimate of drug-likeness (QED) is 0.679. The zero-order valence-electron chi connectivity index (χ0n) is 12.2. The van der Waals surface area contributed by atoms with Crippen LogP contribution in [0, 0.1) is 0 Å². The molecule has 1 fully saturated rings. The lowest BCUT2D eigenvalue weighted by Crippen LogP contribution is -2.31. The number of ether oxygens (including phenoxy) is 1. The average molecular weight is 276 g/mol. The SMILES string of the molecule is CN(C(=O)COC1CCCCCC1)c1ccc(N)cc1. The van der Waals surface area contributed by atoms with E-state index in [9.17, 15) is 4.79 Å². The van der Waals surface area contributed by atoms with E-state index >= 15 is 0 Å². The van der Waals surface area contributed by atoms with Crippen LogP contribution < -0.4 is 10.6 Å². The number of hydrogen-bond acceptors (Lipinski definition) is 3. The van der Waals surface area contributed by atoms with Gasteiger partial charge in [0.1, 0.15) is 6.61 Å². The van der Waals surface area contributed by atoms with E-state index in [0.29, 0.717) is 5.69 Å². The van der Waals surface area contributed by atoms with E-state index in [4.69, 9.17) is 10.5 Å². The van der Waals surface area contributed by atoms with Gasteiger partial charge in [0.05, 0.1) is 6.10 Å². The third-order valence-electron chi connectivity index (χ3n) is 3.90. The fourth-order valence-corrected chi connectivity index (χ4v) is 2.54. The number of carbonyl (C=O) groups is 1. The molecule has 0 spiro atoms. The molecule has 0 bridgehead atoms. The van der Waals surface area contributed by atoms with Gasteiger partial charge in [-0.2, -0.15) is 0 Å². The van der Waals surface area contributed by atoms with Gasteiger partial charge in [-0.25, -0.2) is 0 Å². The molecule has 2 rings (SSSR count). The van der Waals surface area contributed by atoms with Crippen LogP contribution in [0.1, 0.15) is 38.5 Å². The van der Waals surface area contributed by atoms with Crippen molar-refractivity contribution >= 4 is 17.3 Å². The highest BCUT2D eigenvalue weighted by Crippen LogP contribution is 2.20. The molecule has 4 heteroatoms. The van der Waals surface area contributed by atoms with Crippen molar-refractivity contribution in [3.05, 3.63) is 24.3 Å². The van der Waals surface area contributed by atoms with E-state index in [2.05, 4.69) is 0 Å². The van der Waals surface area contributed by atoms with Crippen LogP contribution in [0.4, 0.5) is 11.4 Å². The Labute approximate surface area is 120 Å². The number of hydrogen-bond donors (Lipinski definition) is 1. The number of benzene rings is 1. The molecular formula is C16H24N2O2. The number of anilines is 2. The molecule has 1 aliphatic carbocycles. The first-order valence-electron chi connectivity index (χ1n) is 7.40. The first-order valence-corrected chi connectivity index (χ1v) is 7.40. The Kier molecular flexibility index (Phi) is 5.41. The lowest BCUT2D eigenvalue weighted by molar-refractivity contribution is -0.125. The van der Waals surface area contributed by atoms with Gasteiger partial charge in [0.15, 0.2) is 0 Å². The zero-order chi connectivity index (χ0) is 14.4.